The first-order valence-electron chi connectivity index (χ1n) is 11.3. The van der Waals surface area contributed by atoms with Gasteiger partial charge in [0.05, 0.1) is 13.7 Å². The Morgan fingerprint density at radius 2 is 1.27 bits per heavy atom. The predicted molar refractivity (Wildman–Crippen MR) is 131 cm³/mol. The highest BCUT2D eigenvalue weighted by Gasteiger charge is 2.42. The number of hydrogen-bond donors (Lipinski definition) is 0. The zero-order chi connectivity index (χ0) is 26.4. The minimum Gasteiger partial charge on any atom is -0.467 e. The van der Waals surface area contributed by atoms with Gasteiger partial charge in [0.25, 0.3) is 0 Å². The molecule has 0 saturated carbocycles. The van der Waals surface area contributed by atoms with Crippen molar-refractivity contribution in [3.63, 3.8) is 0 Å². The third-order valence-corrected chi connectivity index (χ3v) is 9.64. The molecule has 1 atom stereocenters. The molecule has 0 rings (SSSR count). The fraction of sp³-hybridized carbons (Fsp3) is 0.870. The maximum absolute atomic E-state index is 13.0. The number of carbonyl (C=O) groups is 3. The van der Waals surface area contributed by atoms with Crippen molar-refractivity contribution in [1.29, 1.82) is 0 Å². The molecule has 0 aromatic carbocycles. The molecule has 0 radical (unpaired) electrons. The molecule has 0 aromatic heterocycles. The second kappa shape index (κ2) is 11.5. The SMILES string of the molecule is COC(=O)[C@H](CN(CCN(C)C(=O)OC(C)(C)C)C(=O)OC(C)(C)C)O[Si](C)(C)C(C)(C)C. The van der Waals surface area contributed by atoms with Gasteiger partial charge in [-0.2, -0.15) is 0 Å². The van der Waals surface area contributed by atoms with Crippen LogP contribution in [0.1, 0.15) is 62.3 Å². The molecular formula is C23H46N2O7Si. The van der Waals surface area contributed by atoms with Gasteiger partial charge in [-0.1, -0.05) is 20.8 Å². The Morgan fingerprint density at radius 1 is 0.818 bits per heavy atom. The Balaban J connectivity index is 5.70. The molecule has 0 aliphatic carbocycles. The molecule has 0 spiro atoms. The van der Waals surface area contributed by atoms with Crippen LogP contribution >= 0.6 is 0 Å². The van der Waals surface area contributed by atoms with Gasteiger partial charge in [-0.25, -0.2) is 14.4 Å². The van der Waals surface area contributed by atoms with Gasteiger partial charge in [-0.05, 0) is 59.7 Å². The summed E-state index contributed by atoms with van der Waals surface area (Å²) in [6.45, 7) is 21.1. The van der Waals surface area contributed by atoms with Gasteiger partial charge in [-0.15, -0.1) is 0 Å². The van der Waals surface area contributed by atoms with E-state index in [9.17, 15) is 14.4 Å². The maximum Gasteiger partial charge on any atom is 0.410 e. The molecule has 9 nitrogen and oxygen atoms in total. The Morgan fingerprint density at radius 3 is 1.67 bits per heavy atom. The summed E-state index contributed by atoms with van der Waals surface area (Å²) in [6.07, 6.45) is -2.09. The predicted octanol–water partition coefficient (Wildman–Crippen LogP) is 4.65. The van der Waals surface area contributed by atoms with Crippen molar-refractivity contribution in [2.24, 2.45) is 0 Å². The molecule has 0 bridgehead atoms. The summed E-state index contributed by atoms with van der Waals surface area (Å²) in [5.41, 5.74) is -1.36. The molecule has 33 heavy (non-hydrogen) atoms. The van der Waals surface area contributed by atoms with Crippen LogP contribution in [-0.2, 0) is 23.4 Å². The monoisotopic (exact) mass is 490 g/mol. The molecule has 0 saturated heterocycles. The van der Waals surface area contributed by atoms with Crippen LogP contribution in [0.5, 0.6) is 0 Å². The smallest absolute Gasteiger partial charge is 0.410 e. The highest BCUT2D eigenvalue weighted by Crippen LogP contribution is 2.37. The Hall–Kier alpha value is -1.81. The van der Waals surface area contributed by atoms with Crippen molar-refractivity contribution in [2.45, 2.75) is 97.8 Å². The van der Waals surface area contributed by atoms with Crippen LogP contribution in [-0.4, -0.2) is 87.4 Å². The van der Waals surface area contributed by atoms with Crippen LogP contribution in [0.4, 0.5) is 9.59 Å². The normalized spacial score (nSPS) is 13.7. The van der Waals surface area contributed by atoms with Crippen LogP contribution in [0.15, 0.2) is 0 Å². The number of likely N-dealkylation sites (N-methyl/N-ethyl adjacent to an activating group) is 1. The van der Waals surface area contributed by atoms with Crippen LogP contribution in [0.3, 0.4) is 0 Å². The number of rotatable bonds is 8. The first-order chi connectivity index (χ1) is 14.6. The van der Waals surface area contributed by atoms with E-state index in [4.69, 9.17) is 18.6 Å². The third kappa shape index (κ3) is 11.7. The number of ether oxygens (including phenoxy) is 3. The van der Waals surface area contributed by atoms with E-state index in [1.165, 1.54) is 16.9 Å². The highest BCUT2D eigenvalue weighted by molar-refractivity contribution is 6.74. The van der Waals surface area contributed by atoms with Crippen LogP contribution in [0.2, 0.25) is 18.1 Å². The molecular weight excluding hydrogens is 444 g/mol. The number of methoxy groups -OCH3 is 1. The van der Waals surface area contributed by atoms with Crippen molar-refractivity contribution >= 4 is 26.5 Å². The number of amides is 2. The summed E-state index contributed by atoms with van der Waals surface area (Å²) in [5, 5.41) is -0.146. The van der Waals surface area contributed by atoms with E-state index in [1.807, 2.05) is 13.1 Å². The van der Waals surface area contributed by atoms with Crippen LogP contribution < -0.4 is 0 Å². The van der Waals surface area contributed by atoms with Gasteiger partial charge >= 0.3 is 18.2 Å². The van der Waals surface area contributed by atoms with Gasteiger partial charge in [0.15, 0.2) is 14.4 Å². The lowest BCUT2D eigenvalue weighted by Crippen LogP contribution is -2.52. The lowest BCUT2D eigenvalue weighted by Gasteiger charge is -2.39. The van der Waals surface area contributed by atoms with E-state index >= 15 is 0 Å². The fourth-order valence-corrected chi connectivity index (χ4v) is 3.54. The number of nitrogens with zero attached hydrogens (tertiary/aromatic N) is 2. The minimum absolute atomic E-state index is 0.0593. The summed E-state index contributed by atoms with van der Waals surface area (Å²) in [6, 6.07) is 0. The molecule has 0 fully saturated rings. The zero-order valence-electron chi connectivity index (χ0n) is 23.0. The van der Waals surface area contributed by atoms with Gasteiger partial charge in [0, 0.05) is 20.1 Å². The average molecular weight is 491 g/mol. The van der Waals surface area contributed by atoms with E-state index in [-0.39, 0.29) is 24.7 Å². The summed E-state index contributed by atoms with van der Waals surface area (Å²) < 4.78 is 22.2. The zero-order valence-corrected chi connectivity index (χ0v) is 24.0. The van der Waals surface area contributed by atoms with Crippen LogP contribution in [0, 0.1) is 0 Å². The summed E-state index contributed by atoms with van der Waals surface area (Å²) >= 11 is 0. The lowest BCUT2D eigenvalue weighted by molar-refractivity contribution is -0.150. The summed E-state index contributed by atoms with van der Waals surface area (Å²) in [4.78, 5) is 40.6. The van der Waals surface area contributed by atoms with E-state index in [0.717, 1.165) is 0 Å². The third-order valence-electron chi connectivity index (χ3n) is 5.16. The molecule has 0 aromatic rings. The Kier molecular flexibility index (Phi) is 10.9. The van der Waals surface area contributed by atoms with Gasteiger partial charge in [0.1, 0.15) is 11.2 Å². The first-order valence-corrected chi connectivity index (χ1v) is 14.2. The van der Waals surface area contributed by atoms with Crippen molar-refractivity contribution in [2.75, 3.05) is 33.8 Å². The van der Waals surface area contributed by atoms with Crippen molar-refractivity contribution in [3.05, 3.63) is 0 Å². The van der Waals surface area contributed by atoms with Gasteiger partial charge in [-0.3, -0.25) is 0 Å². The molecule has 0 N–H and O–H groups in total. The summed E-state index contributed by atoms with van der Waals surface area (Å²) in [7, 11) is 0.530. The van der Waals surface area contributed by atoms with E-state index in [2.05, 4.69) is 20.8 Å². The van der Waals surface area contributed by atoms with E-state index in [1.54, 1.807) is 48.6 Å². The van der Waals surface area contributed by atoms with Gasteiger partial charge < -0.3 is 28.4 Å². The molecule has 194 valence electrons. The molecule has 10 heteroatoms. The molecule has 0 unspecified atom stereocenters. The largest absolute Gasteiger partial charge is 0.467 e. The minimum atomic E-state index is -2.35. The highest BCUT2D eigenvalue weighted by atomic mass is 28.4. The second-order valence-electron chi connectivity index (χ2n) is 11.7. The Bertz CT molecular complexity index is 676. The van der Waals surface area contributed by atoms with Crippen molar-refractivity contribution in [1.82, 2.24) is 9.80 Å². The van der Waals surface area contributed by atoms with Crippen molar-refractivity contribution in [3.8, 4) is 0 Å². The lowest BCUT2D eigenvalue weighted by atomic mass is 10.2. The number of esters is 1. The number of hydrogen-bond acceptors (Lipinski definition) is 7. The van der Waals surface area contributed by atoms with Crippen molar-refractivity contribution < 1.29 is 33.0 Å². The topological polar surface area (TPSA) is 94.6 Å². The van der Waals surface area contributed by atoms with E-state index in [0.29, 0.717) is 0 Å². The Labute approximate surface area is 201 Å². The molecule has 2 amide bonds. The quantitative estimate of drug-likeness (QED) is 0.277. The molecule has 0 heterocycles. The average Bonchev–Trinajstić information content (AvgIpc) is 2.58. The first kappa shape index (κ1) is 31.2. The van der Waals surface area contributed by atoms with Crippen LogP contribution in [0.25, 0.3) is 0 Å². The number of carbonyl (C=O) groups excluding carboxylic acids is 3. The molecule has 0 aliphatic heterocycles. The van der Waals surface area contributed by atoms with Gasteiger partial charge in [0.2, 0.25) is 0 Å². The fourth-order valence-electron chi connectivity index (χ4n) is 2.31. The van der Waals surface area contributed by atoms with E-state index < -0.39 is 43.8 Å². The summed E-state index contributed by atoms with van der Waals surface area (Å²) in [5.74, 6) is -0.561. The standard InChI is InChI=1S/C23H46N2O7Si/c1-21(2,3)30-19(27)24(10)14-15-25(20(28)31-22(4,5)6)16-17(18(26)29-11)32-33(12,13)23(7,8)9/h17H,14-16H2,1-13H3/t17-/m0/s1. The maximum atomic E-state index is 13.0. The molecule has 0 aliphatic rings. The second-order valence-corrected chi connectivity index (χ2v) is 16.5.